The van der Waals surface area contributed by atoms with E-state index in [1.54, 1.807) is 0 Å². The number of hydrogen-bond donors (Lipinski definition) is 0. The first-order valence-electron chi connectivity index (χ1n) is 22.2. The number of para-hydroxylation sites is 3. The molecule has 12 rings (SSSR count). The lowest BCUT2D eigenvalue weighted by Crippen LogP contribution is -2.36. The van der Waals surface area contributed by atoms with Crippen molar-refractivity contribution in [1.29, 1.82) is 0 Å². The number of rotatable bonds is 6. The fourth-order valence-corrected chi connectivity index (χ4v) is 10.5. The number of benzene rings is 9. The summed E-state index contributed by atoms with van der Waals surface area (Å²) in [5.41, 5.74) is 20.6. The lowest BCUT2D eigenvalue weighted by Gasteiger charge is -2.45. The molecule has 0 bridgehead atoms. The highest BCUT2D eigenvalue weighted by atomic mass is 15.2. The maximum atomic E-state index is 5.46. The van der Waals surface area contributed by atoms with Gasteiger partial charge in [-0.2, -0.15) is 0 Å². The van der Waals surface area contributed by atoms with Crippen molar-refractivity contribution in [3.63, 3.8) is 0 Å². The van der Waals surface area contributed by atoms with Gasteiger partial charge in [-0.25, -0.2) is 9.98 Å². The minimum absolute atomic E-state index is 0.542. The Morgan fingerprint density at radius 2 is 0.859 bits per heavy atom. The summed E-state index contributed by atoms with van der Waals surface area (Å²) in [7, 11) is 0. The molecule has 0 aromatic heterocycles. The highest BCUT2D eigenvalue weighted by Gasteiger charge is 2.51. The maximum absolute atomic E-state index is 5.46. The van der Waals surface area contributed by atoms with E-state index in [1.165, 1.54) is 61.4 Å². The van der Waals surface area contributed by atoms with Gasteiger partial charge in [-0.1, -0.05) is 206 Å². The van der Waals surface area contributed by atoms with Crippen LogP contribution in [-0.2, 0) is 5.41 Å². The van der Waals surface area contributed by atoms with Crippen molar-refractivity contribution in [3.05, 3.63) is 276 Å². The van der Waals surface area contributed by atoms with Gasteiger partial charge in [0.05, 0.1) is 28.2 Å². The van der Waals surface area contributed by atoms with Crippen molar-refractivity contribution in [2.45, 2.75) is 18.3 Å². The highest BCUT2D eigenvalue weighted by molar-refractivity contribution is 6.16. The van der Waals surface area contributed by atoms with Crippen molar-refractivity contribution in [3.8, 4) is 33.4 Å². The number of amidine groups is 1. The number of nitrogens with zero attached hydrogens (tertiary/aromatic N) is 3. The fraction of sp³-hybridized carbons (Fsp3) is 0.0492. The molecule has 1 spiro atoms. The molecular weight excluding hydrogens is 775 g/mol. The summed E-state index contributed by atoms with van der Waals surface area (Å²) in [6.45, 7) is 0. The SMILES string of the molecule is C1=C(c2ccccc2)/N=C(c2ccccc2)\N=C(\c2ccccc2-c2ccccc2-c2ccc3c(c2)C2(c4ccccc4-3)c3ccccc3N(c3ccccc3)c3ccccc32)CC\1. The summed E-state index contributed by atoms with van der Waals surface area (Å²) in [5.74, 6) is 0.718. The topological polar surface area (TPSA) is 28.0 Å². The summed E-state index contributed by atoms with van der Waals surface area (Å²) in [5, 5.41) is 0. The van der Waals surface area contributed by atoms with E-state index >= 15 is 0 Å². The second-order valence-corrected chi connectivity index (χ2v) is 16.7. The Bertz CT molecular complexity index is 3280. The molecule has 302 valence electrons. The number of hydrogen-bond acceptors (Lipinski definition) is 3. The van der Waals surface area contributed by atoms with Crippen LogP contribution in [0.25, 0.3) is 39.1 Å². The Kier molecular flexibility index (Phi) is 9.19. The van der Waals surface area contributed by atoms with Gasteiger partial charge in [0.25, 0.3) is 0 Å². The smallest absolute Gasteiger partial charge is 0.160 e. The molecule has 2 heterocycles. The van der Waals surface area contributed by atoms with E-state index in [0.29, 0.717) is 0 Å². The molecule has 0 atom stereocenters. The largest absolute Gasteiger partial charge is 0.310 e. The van der Waals surface area contributed by atoms with Crippen molar-refractivity contribution in [2.75, 3.05) is 4.90 Å². The van der Waals surface area contributed by atoms with Crippen LogP contribution in [0.3, 0.4) is 0 Å². The number of anilines is 3. The predicted molar refractivity (Wildman–Crippen MR) is 266 cm³/mol. The molecule has 9 aromatic rings. The van der Waals surface area contributed by atoms with Crippen LogP contribution >= 0.6 is 0 Å². The van der Waals surface area contributed by atoms with Crippen LogP contribution in [0.4, 0.5) is 17.1 Å². The standard InChI is InChI=1S/C61H43N3/c1-4-21-42(22-5-1)56-35-20-36-57(63-60(62-56)43-23-6-2-7-24-43)51-31-13-12-29-48(51)47-28-11-10-27-46(47)44-39-40-50-49-30-14-15-32-52(49)61(55(50)41-44)53-33-16-18-37-58(53)64(45-25-8-3-9-26-45)59-38-19-17-34-54(59)61/h1-19,21-35,37-41H,20,36H2/b56-35-,62-60-,63-57+. The Balaban J connectivity index is 1.03. The number of aliphatic imine (C=N–C) groups is 2. The van der Waals surface area contributed by atoms with Gasteiger partial charge in [-0.3, -0.25) is 0 Å². The van der Waals surface area contributed by atoms with Crippen LogP contribution in [0.2, 0.25) is 0 Å². The van der Waals surface area contributed by atoms with Gasteiger partial charge in [-0.15, -0.1) is 0 Å². The van der Waals surface area contributed by atoms with Crippen molar-refractivity contribution in [2.24, 2.45) is 9.98 Å². The Morgan fingerprint density at radius 1 is 0.359 bits per heavy atom. The van der Waals surface area contributed by atoms with Crippen LogP contribution in [-0.4, -0.2) is 11.5 Å². The Morgan fingerprint density at radius 3 is 1.53 bits per heavy atom. The van der Waals surface area contributed by atoms with Crippen molar-refractivity contribution >= 4 is 34.3 Å². The molecule has 2 aliphatic heterocycles. The van der Waals surface area contributed by atoms with E-state index in [2.05, 4.69) is 229 Å². The first-order chi connectivity index (χ1) is 31.8. The van der Waals surface area contributed by atoms with Crippen LogP contribution in [0, 0.1) is 0 Å². The van der Waals surface area contributed by atoms with Gasteiger partial charge in [0.2, 0.25) is 0 Å². The van der Waals surface area contributed by atoms with Crippen LogP contribution in [0.5, 0.6) is 0 Å². The third-order valence-electron chi connectivity index (χ3n) is 13.2. The molecule has 0 N–H and O–H groups in total. The normalized spacial score (nSPS) is 16.9. The van der Waals surface area contributed by atoms with Crippen LogP contribution < -0.4 is 4.90 Å². The molecule has 0 fully saturated rings. The summed E-state index contributed by atoms with van der Waals surface area (Å²) in [4.78, 5) is 13.2. The lowest BCUT2D eigenvalue weighted by atomic mass is 9.64. The molecule has 0 radical (unpaired) electrons. The van der Waals surface area contributed by atoms with Crippen LogP contribution in [0.1, 0.15) is 51.8 Å². The maximum Gasteiger partial charge on any atom is 0.160 e. The van der Waals surface area contributed by atoms with Gasteiger partial charge in [-0.05, 0) is 104 Å². The van der Waals surface area contributed by atoms with E-state index < -0.39 is 5.41 Å². The minimum atomic E-state index is -0.542. The van der Waals surface area contributed by atoms with Crippen molar-refractivity contribution < 1.29 is 0 Å². The van der Waals surface area contributed by atoms with Gasteiger partial charge in [0.15, 0.2) is 5.84 Å². The summed E-state index contributed by atoms with van der Waals surface area (Å²) in [6.07, 6.45) is 3.87. The average molecular weight is 818 g/mol. The molecular formula is C61H43N3. The molecule has 0 saturated carbocycles. The first-order valence-corrected chi connectivity index (χ1v) is 22.2. The second-order valence-electron chi connectivity index (χ2n) is 16.7. The molecule has 0 unspecified atom stereocenters. The molecule has 1 aliphatic carbocycles. The zero-order valence-corrected chi connectivity index (χ0v) is 35.3. The quantitative estimate of drug-likeness (QED) is 0.164. The molecule has 3 aliphatic rings. The van der Waals surface area contributed by atoms with E-state index in [-0.39, 0.29) is 0 Å². The molecule has 64 heavy (non-hydrogen) atoms. The molecule has 3 nitrogen and oxygen atoms in total. The van der Waals surface area contributed by atoms with Gasteiger partial charge in [0, 0.05) is 16.8 Å². The number of fused-ring (bicyclic) bond motifs is 9. The van der Waals surface area contributed by atoms with Gasteiger partial charge in [0.1, 0.15) is 0 Å². The average Bonchev–Trinajstić information content (AvgIpc) is 3.65. The van der Waals surface area contributed by atoms with E-state index in [1.807, 2.05) is 12.1 Å². The zero-order chi connectivity index (χ0) is 42.5. The van der Waals surface area contributed by atoms with E-state index in [0.717, 1.165) is 58.0 Å². The van der Waals surface area contributed by atoms with Crippen molar-refractivity contribution in [1.82, 2.24) is 0 Å². The molecule has 9 aromatic carbocycles. The molecule has 0 saturated heterocycles. The molecule has 3 heteroatoms. The third kappa shape index (κ3) is 6.04. The third-order valence-corrected chi connectivity index (χ3v) is 13.2. The van der Waals surface area contributed by atoms with Gasteiger partial charge >= 0.3 is 0 Å². The highest BCUT2D eigenvalue weighted by Crippen LogP contribution is 2.63. The van der Waals surface area contributed by atoms with Gasteiger partial charge < -0.3 is 4.90 Å². The fourth-order valence-electron chi connectivity index (χ4n) is 10.5. The summed E-state index contributed by atoms with van der Waals surface area (Å²) in [6, 6.07) is 83.6. The van der Waals surface area contributed by atoms with Crippen LogP contribution in [0.15, 0.2) is 247 Å². The minimum Gasteiger partial charge on any atom is -0.310 e. The Hall–Kier alpha value is -8.14. The zero-order valence-electron chi connectivity index (χ0n) is 35.3. The first kappa shape index (κ1) is 37.6. The predicted octanol–water partition coefficient (Wildman–Crippen LogP) is 15.2. The molecule has 0 amide bonds. The summed E-state index contributed by atoms with van der Waals surface area (Å²) < 4.78 is 0. The monoisotopic (exact) mass is 817 g/mol. The number of allylic oxidation sites excluding steroid dienone is 1. The lowest BCUT2D eigenvalue weighted by molar-refractivity contribution is 0.753. The summed E-state index contributed by atoms with van der Waals surface area (Å²) >= 11 is 0. The van der Waals surface area contributed by atoms with E-state index in [4.69, 9.17) is 9.98 Å². The van der Waals surface area contributed by atoms with E-state index in [9.17, 15) is 0 Å². The second kappa shape index (κ2) is 15.6. The Labute approximate surface area is 374 Å².